The van der Waals surface area contributed by atoms with Gasteiger partial charge in [0, 0.05) is 17.1 Å². The number of hydrogen-bond donors (Lipinski definition) is 4. The van der Waals surface area contributed by atoms with E-state index in [0.717, 1.165) is 16.5 Å². The average molecular weight is 397 g/mol. The average Bonchev–Trinajstić information content (AvgIpc) is 2.77. The van der Waals surface area contributed by atoms with Gasteiger partial charge in [0.05, 0.1) is 12.1 Å². The fourth-order valence-corrected chi connectivity index (χ4v) is 3.58. The lowest BCUT2D eigenvalue weighted by Crippen LogP contribution is -2.55. The van der Waals surface area contributed by atoms with Crippen LogP contribution in [0.2, 0.25) is 0 Å². The van der Waals surface area contributed by atoms with E-state index in [1.165, 1.54) is 0 Å². The third kappa shape index (κ3) is 3.96. The maximum Gasteiger partial charge on any atom is 0.119 e. The van der Waals surface area contributed by atoms with Crippen LogP contribution < -0.4 is 4.74 Å². The summed E-state index contributed by atoms with van der Waals surface area (Å²) >= 11 is 0. The number of nitrogens with zero attached hydrogens (tertiary/aromatic N) is 1. The first kappa shape index (κ1) is 19.8. The van der Waals surface area contributed by atoms with Crippen molar-refractivity contribution >= 4 is 10.9 Å². The molecule has 0 aliphatic carbocycles. The standard InChI is InChI=1S/C22H23NO6/c24-11-17-19(25)20(26)21(27)22(29-17)14-6-8-16(9-7-14)28-12-15-4-1-3-13-5-2-10-23-18(13)15/h1-10,17,19-22,24-27H,11-12H2. The summed E-state index contributed by atoms with van der Waals surface area (Å²) in [7, 11) is 0. The van der Waals surface area contributed by atoms with Crippen molar-refractivity contribution in [2.45, 2.75) is 37.1 Å². The highest BCUT2D eigenvalue weighted by Crippen LogP contribution is 2.33. The molecule has 7 heteroatoms. The van der Waals surface area contributed by atoms with Crippen LogP contribution in [0.1, 0.15) is 17.2 Å². The Hall–Kier alpha value is -2.55. The van der Waals surface area contributed by atoms with E-state index < -0.39 is 37.1 Å². The Morgan fingerprint density at radius 1 is 0.897 bits per heavy atom. The fraction of sp³-hybridized carbons (Fsp3) is 0.318. The number of aliphatic hydroxyl groups excluding tert-OH is 4. The van der Waals surface area contributed by atoms with Crippen LogP contribution in [0.5, 0.6) is 5.75 Å². The lowest BCUT2D eigenvalue weighted by atomic mass is 9.91. The summed E-state index contributed by atoms with van der Waals surface area (Å²) in [6.45, 7) is -0.102. The van der Waals surface area contributed by atoms with E-state index >= 15 is 0 Å². The molecule has 5 atom stereocenters. The molecule has 5 unspecified atom stereocenters. The van der Waals surface area contributed by atoms with Crippen LogP contribution in [0.3, 0.4) is 0 Å². The summed E-state index contributed by atoms with van der Waals surface area (Å²) in [6.07, 6.45) is -4.12. The smallest absolute Gasteiger partial charge is 0.119 e. The molecule has 1 aliphatic heterocycles. The molecule has 1 fully saturated rings. The molecule has 0 amide bonds. The Morgan fingerprint density at radius 2 is 1.66 bits per heavy atom. The van der Waals surface area contributed by atoms with Crippen molar-refractivity contribution in [2.24, 2.45) is 0 Å². The summed E-state index contributed by atoms with van der Waals surface area (Å²) in [5.41, 5.74) is 2.48. The maximum absolute atomic E-state index is 10.2. The van der Waals surface area contributed by atoms with Gasteiger partial charge < -0.3 is 29.9 Å². The van der Waals surface area contributed by atoms with E-state index in [9.17, 15) is 20.4 Å². The fourth-order valence-electron chi connectivity index (χ4n) is 3.58. The normalized spacial score (nSPS) is 27.1. The third-order valence-electron chi connectivity index (χ3n) is 5.21. The van der Waals surface area contributed by atoms with Gasteiger partial charge in [-0.2, -0.15) is 0 Å². The van der Waals surface area contributed by atoms with E-state index in [2.05, 4.69) is 4.98 Å². The van der Waals surface area contributed by atoms with Gasteiger partial charge in [-0.05, 0) is 23.8 Å². The molecule has 0 spiro atoms. The molecule has 0 bridgehead atoms. The minimum absolute atomic E-state index is 0.355. The first-order valence-electron chi connectivity index (χ1n) is 9.44. The topological polar surface area (TPSA) is 112 Å². The van der Waals surface area contributed by atoms with Crippen LogP contribution >= 0.6 is 0 Å². The Balaban J connectivity index is 1.46. The zero-order valence-electron chi connectivity index (χ0n) is 15.6. The SMILES string of the molecule is OCC1OC(c2ccc(OCc3cccc4cccnc34)cc2)C(O)C(O)C1O. The molecule has 0 radical (unpaired) electrons. The molecule has 29 heavy (non-hydrogen) atoms. The van der Waals surface area contributed by atoms with E-state index in [4.69, 9.17) is 9.47 Å². The predicted molar refractivity (Wildman–Crippen MR) is 105 cm³/mol. The second-order valence-corrected chi connectivity index (χ2v) is 7.10. The van der Waals surface area contributed by atoms with E-state index in [0.29, 0.717) is 17.9 Å². The second kappa shape index (κ2) is 8.44. The molecular weight excluding hydrogens is 374 g/mol. The van der Waals surface area contributed by atoms with Gasteiger partial charge in [0.15, 0.2) is 0 Å². The van der Waals surface area contributed by atoms with Gasteiger partial charge in [0.2, 0.25) is 0 Å². The minimum atomic E-state index is -1.40. The van der Waals surface area contributed by atoms with Crippen LogP contribution in [0.15, 0.2) is 60.8 Å². The summed E-state index contributed by atoms with van der Waals surface area (Å²) in [5, 5.41) is 40.5. The highest BCUT2D eigenvalue weighted by atomic mass is 16.5. The van der Waals surface area contributed by atoms with Crippen molar-refractivity contribution in [2.75, 3.05) is 6.61 Å². The van der Waals surface area contributed by atoms with Crippen molar-refractivity contribution in [3.8, 4) is 5.75 Å². The van der Waals surface area contributed by atoms with Gasteiger partial charge in [-0.1, -0.05) is 36.4 Å². The summed E-state index contributed by atoms with van der Waals surface area (Å²) in [4.78, 5) is 4.42. The number of fused-ring (bicyclic) bond motifs is 1. The number of rotatable bonds is 5. The Bertz CT molecular complexity index is 956. The van der Waals surface area contributed by atoms with Crippen molar-refractivity contribution in [1.29, 1.82) is 0 Å². The van der Waals surface area contributed by atoms with E-state index in [1.54, 1.807) is 30.5 Å². The lowest BCUT2D eigenvalue weighted by molar-refractivity contribution is -0.231. The zero-order valence-corrected chi connectivity index (χ0v) is 15.6. The molecule has 4 rings (SSSR count). The van der Waals surface area contributed by atoms with Crippen molar-refractivity contribution in [3.05, 3.63) is 71.9 Å². The van der Waals surface area contributed by atoms with Gasteiger partial charge in [-0.3, -0.25) is 4.98 Å². The largest absolute Gasteiger partial charge is 0.489 e. The number of ether oxygens (including phenoxy) is 2. The number of pyridine rings is 1. The Labute approximate surface area is 167 Å². The minimum Gasteiger partial charge on any atom is -0.489 e. The summed E-state index contributed by atoms with van der Waals surface area (Å²) < 4.78 is 11.5. The third-order valence-corrected chi connectivity index (χ3v) is 5.21. The number of aliphatic hydroxyl groups is 4. The molecular formula is C22H23NO6. The summed E-state index contributed by atoms with van der Waals surface area (Å²) in [6, 6.07) is 16.8. The van der Waals surface area contributed by atoms with Crippen molar-refractivity contribution < 1.29 is 29.9 Å². The Morgan fingerprint density at radius 3 is 2.41 bits per heavy atom. The van der Waals surface area contributed by atoms with Crippen LogP contribution in [-0.4, -0.2) is 56.4 Å². The molecule has 4 N–H and O–H groups in total. The van der Waals surface area contributed by atoms with E-state index in [1.807, 2.05) is 30.3 Å². The molecule has 0 saturated carbocycles. The first-order valence-corrected chi connectivity index (χ1v) is 9.44. The molecule has 2 aromatic carbocycles. The predicted octanol–water partition coefficient (Wildman–Crippen LogP) is 1.33. The maximum atomic E-state index is 10.2. The molecule has 2 heterocycles. The van der Waals surface area contributed by atoms with Gasteiger partial charge in [0.25, 0.3) is 0 Å². The van der Waals surface area contributed by atoms with E-state index in [-0.39, 0.29) is 0 Å². The summed E-state index contributed by atoms with van der Waals surface area (Å²) in [5.74, 6) is 0.631. The molecule has 152 valence electrons. The van der Waals surface area contributed by atoms with Gasteiger partial charge in [-0.15, -0.1) is 0 Å². The van der Waals surface area contributed by atoms with Gasteiger partial charge in [-0.25, -0.2) is 0 Å². The van der Waals surface area contributed by atoms with Gasteiger partial charge >= 0.3 is 0 Å². The number of benzene rings is 2. The lowest BCUT2D eigenvalue weighted by Gasteiger charge is -2.40. The molecule has 7 nitrogen and oxygen atoms in total. The van der Waals surface area contributed by atoms with Gasteiger partial charge in [0.1, 0.15) is 42.9 Å². The zero-order chi connectivity index (χ0) is 20.4. The highest BCUT2D eigenvalue weighted by molar-refractivity contribution is 5.81. The Kier molecular flexibility index (Phi) is 5.75. The van der Waals surface area contributed by atoms with Crippen molar-refractivity contribution in [3.63, 3.8) is 0 Å². The molecule has 1 aromatic heterocycles. The monoisotopic (exact) mass is 397 g/mol. The van der Waals surface area contributed by atoms with Crippen molar-refractivity contribution in [1.82, 2.24) is 4.98 Å². The molecule has 1 aliphatic rings. The number of aromatic nitrogens is 1. The second-order valence-electron chi connectivity index (χ2n) is 7.10. The van der Waals surface area contributed by atoms with Crippen LogP contribution in [0.25, 0.3) is 10.9 Å². The highest BCUT2D eigenvalue weighted by Gasteiger charge is 2.43. The number of hydrogen-bond acceptors (Lipinski definition) is 7. The van der Waals surface area contributed by atoms with Crippen LogP contribution in [-0.2, 0) is 11.3 Å². The molecule has 1 saturated heterocycles. The van der Waals surface area contributed by atoms with Crippen LogP contribution in [0.4, 0.5) is 0 Å². The van der Waals surface area contributed by atoms with Crippen LogP contribution in [0, 0.1) is 0 Å². The number of para-hydroxylation sites is 1. The first-order chi connectivity index (χ1) is 14.1. The molecule has 3 aromatic rings. The quantitative estimate of drug-likeness (QED) is 0.514.